The number of fused-ring (bicyclic) bond motifs is 1. The van der Waals surface area contributed by atoms with Gasteiger partial charge in [0.15, 0.2) is 0 Å². The number of hydrogen-bond donors (Lipinski definition) is 1. The Balaban J connectivity index is 1.88. The minimum atomic E-state index is -0.0867. The fraction of sp³-hybridized carbons (Fsp3) is 0.273. The summed E-state index contributed by atoms with van der Waals surface area (Å²) < 4.78 is 0. The molecule has 1 amide bonds. The summed E-state index contributed by atoms with van der Waals surface area (Å²) in [5.41, 5.74) is 4.45. The normalized spacial score (nSPS) is 17.0. The lowest BCUT2D eigenvalue weighted by Gasteiger charge is -2.24. The van der Waals surface area contributed by atoms with Crippen LogP contribution in [0.4, 0.5) is 0 Å². The van der Waals surface area contributed by atoms with E-state index in [-0.39, 0.29) is 18.6 Å². The summed E-state index contributed by atoms with van der Waals surface area (Å²) in [5.74, 6) is -0.0185. The molecule has 0 unspecified atom stereocenters. The van der Waals surface area contributed by atoms with E-state index in [1.165, 1.54) is 0 Å². The van der Waals surface area contributed by atoms with Gasteiger partial charge >= 0.3 is 0 Å². The molecule has 0 saturated carbocycles. The van der Waals surface area contributed by atoms with E-state index >= 15 is 0 Å². The number of carbonyl (C=O) groups is 1. The van der Waals surface area contributed by atoms with E-state index in [0.717, 1.165) is 40.6 Å². The van der Waals surface area contributed by atoms with Crippen LogP contribution in [0.2, 0.25) is 0 Å². The van der Waals surface area contributed by atoms with Crippen molar-refractivity contribution in [1.29, 1.82) is 0 Å². The second-order valence-corrected chi connectivity index (χ2v) is 6.86. The average Bonchev–Trinajstić information content (AvgIpc) is 3.16. The molecule has 2 heterocycles. The monoisotopic (exact) mass is 346 g/mol. The standard InChI is InChI=1S/C22H22N2O2/c1-15-7-2-3-9-17(15)21-13-19(18-10-4-5-11-20(18)23-21)22(26)24-12-6-8-16(24)14-25/h2-5,7,9-11,13,16,25H,6,8,12,14H2,1H3/t16-/m1/s1. The van der Waals surface area contributed by atoms with E-state index in [0.29, 0.717) is 12.1 Å². The van der Waals surface area contributed by atoms with Gasteiger partial charge in [-0.2, -0.15) is 0 Å². The highest BCUT2D eigenvalue weighted by molar-refractivity contribution is 6.07. The van der Waals surface area contributed by atoms with Crippen LogP contribution in [0.25, 0.3) is 22.2 Å². The number of para-hydroxylation sites is 1. The van der Waals surface area contributed by atoms with Gasteiger partial charge in [0.05, 0.1) is 29.4 Å². The first-order chi connectivity index (χ1) is 12.7. The van der Waals surface area contributed by atoms with Gasteiger partial charge in [0, 0.05) is 17.5 Å². The molecule has 3 aromatic rings. The number of benzene rings is 2. The molecule has 1 aromatic heterocycles. The predicted octanol–water partition coefficient (Wildman–Crippen LogP) is 3.81. The topological polar surface area (TPSA) is 53.4 Å². The number of amides is 1. The third kappa shape index (κ3) is 2.86. The molecular weight excluding hydrogens is 324 g/mol. The van der Waals surface area contributed by atoms with Gasteiger partial charge in [-0.25, -0.2) is 4.98 Å². The maximum atomic E-state index is 13.3. The molecule has 26 heavy (non-hydrogen) atoms. The molecule has 4 nitrogen and oxygen atoms in total. The summed E-state index contributed by atoms with van der Waals surface area (Å²) in [7, 11) is 0. The van der Waals surface area contributed by atoms with Crippen LogP contribution in [-0.4, -0.2) is 40.1 Å². The number of aromatic nitrogens is 1. The van der Waals surface area contributed by atoms with Crippen LogP contribution in [-0.2, 0) is 0 Å². The quantitative estimate of drug-likeness (QED) is 0.785. The van der Waals surface area contributed by atoms with E-state index < -0.39 is 0 Å². The number of aryl methyl sites for hydroxylation is 1. The number of nitrogens with zero attached hydrogens (tertiary/aromatic N) is 2. The zero-order chi connectivity index (χ0) is 18.1. The largest absolute Gasteiger partial charge is 0.394 e. The van der Waals surface area contributed by atoms with Crippen LogP contribution >= 0.6 is 0 Å². The van der Waals surface area contributed by atoms with Crippen molar-refractivity contribution in [2.45, 2.75) is 25.8 Å². The zero-order valence-corrected chi connectivity index (χ0v) is 14.9. The number of pyridine rings is 1. The Kier molecular flexibility index (Phi) is 4.43. The third-order valence-electron chi connectivity index (χ3n) is 5.22. The Hall–Kier alpha value is -2.72. The first-order valence-corrected chi connectivity index (χ1v) is 9.06. The summed E-state index contributed by atoms with van der Waals surface area (Å²) in [5, 5.41) is 10.5. The molecule has 1 fully saturated rings. The Labute approximate surface area is 153 Å². The van der Waals surface area contributed by atoms with Gasteiger partial charge in [0.2, 0.25) is 0 Å². The number of aliphatic hydroxyl groups excluding tert-OH is 1. The van der Waals surface area contributed by atoms with Crippen LogP contribution in [0, 0.1) is 6.92 Å². The molecule has 4 rings (SSSR count). The van der Waals surface area contributed by atoms with Crippen LogP contribution in [0.15, 0.2) is 54.6 Å². The minimum Gasteiger partial charge on any atom is -0.394 e. The van der Waals surface area contributed by atoms with Crippen molar-refractivity contribution in [3.05, 3.63) is 65.7 Å². The smallest absolute Gasteiger partial charge is 0.254 e. The van der Waals surface area contributed by atoms with E-state index in [1.807, 2.05) is 53.4 Å². The van der Waals surface area contributed by atoms with E-state index in [9.17, 15) is 9.90 Å². The van der Waals surface area contributed by atoms with Crippen molar-refractivity contribution in [3.8, 4) is 11.3 Å². The summed E-state index contributed by atoms with van der Waals surface area (Å²) in [6.45, 7) is 2.76. The molecule has 4 heteroatoms. The SMILES string of the molecule is Cc1ccccc1-c1cc(C(=O)N2CCC[C@@H]2CO)c2ccccc2n1. The lowest BCUT2D eigenvalue weighted by molar-refractivity contribution is 0.0679. The van der Waals surface area contributed by atoms with Crippen molar-refractivity contribution >= 4 is 16.8 Å². The Bertz CT molecular complexity index is 967. The summed E-state index contributed by atoms with van der Waals surface area (Å²) >= 11 is 0. The van der Waals surface area contributed by atoms with Crippen molar-refractivity contribution in [1.82, 2.24) is 9.88 Å². The highest BCUT2D eigenvalue weighted by Crippen LogP contribution is 2.29. The summed E-state index contributed by atoms with van der Waals surface area (Å²) in [6, 6.07) is 17.7. The molecule has 1 saturated heterocycles. The number of hydrogen-bond acceptors (Lipinski definition) is 3. The van der Waals surface area contributed by atoms with E-state index in [1.54, 1.807) is 0 Å². The van der Waals surface area contributed by atoms with Crippen molar-refractivity contribution in [2.75, 3.05) is 13.2 Å². The molecule has 0 aliphatic carbocycles. The fourth-order valence-electron chi connectivity index (χ4n) is 3.80. The van der Waals surface area contributed by atoms with Crippen LogP contribution in [0.3, 0.4) is 0 Å². The second-order valence-electron chi connectivity index (χ2n) is 6.86. The molecule has 132 valence electrons. The molecule has 0 spiro atoms. The number of likely N-dealkylation sites (tertiary alicyclic amines) is 1. The van der Waals surface area contributed by atoms with E-state index in [2.05, 4.69) is 13.0 Å². The molecule has 1 N–H and O–H groups in total. The molecule has 1 aliphatic rings. The minimum absolute atomic E-state index is 0.0133. The van der Waals surface area contributed by atoms with Crippen molar-refractivity contribution in [2.24, 2.45) is 0 Å². The Morgan fingerprint density at radius 2 is 1.96 bits per heavy atom. The van der Waals surface area contributed by atoms with Crippen LogP contribution in [0.5, 0.6) is 0 Å². The molecule has 2 aromatic carbocycles. The second kappa shape index (κ2) is 6.89. The van der Waals surface area contributed by atoms with Gasteiger partial charge in [0.1, 0.15) is 0 Å². The van der Waals surface area contributed by atoms with Crippen molar-refractivity contribution < 1.29 is 9.90 Å². The Morgan fingerprint density at radius 1 is 1.19 bits per heavy atom. The fourth-order valence-corrected chi connectivity index (χ4v) is 3.80. The molecule has 1 atom stereocenters. The number of aliphatic hydroxyl groups is 1. The van der Waals surface area contributed by atoms with Gasteiger partial charge in [-0.1, -0.05) is 42.5 Å². The first-order valence-electron chi connectivity index (χ1n) is 9.06. The predicted molar refractivity (Wildman–Crippen MR) is 103 cm³/mol. The third-order valence-corrected chi connectivity index (χ3v) is 5.22. The first kappa shape index (κ1) is 16.7. The summed E-state index contributed by atoms with van der Waals surface area (Å²) in [6.07, 6.45) is 1.79. The zero-order valence-electron chi connectivity index (χ0n) is 14.9. The highest BCUT2D eigenvalue weighted by atomic mass is 16.3. The van der Waals surface area contributed by atoms with Gasteiger partial charge in [0.25, 0.3) is 5.91 Å². The number of carbonyl (C=O) groups excluding carboxylic acids is 1. The average molecular weight is 346 g/mol. The van der Waals surface area contributed by atoms with E-state index in [4.69, 9.17) is 4.98 Å². The van der Waals surface area contributed by atoms with Crippen molar-refractivity contribution in [3.63, 3.8) is 0 Å². The van der Waals surface area contributed by atoms with Gasteiger partial charge < -0.3 is 10.0 Å². The highest BCUT2D eigenvalue weighted by Gasteiger charge is 2.30. The maximum absolute atomic E-state index is 13.3. The molecule has 1 aliphatic heterocycles. The maximum Gasteiger partial charge on any atom is 0.254 e. The molecular formula is C22H22N2O2. The molecule has 0 bridgehead atoms. The van der Waals surface area contributed by atoms with Gasteiger partial charge in [-0.15, -0.1) is 0 Å². The Morgan fingerprint density at radius 3 is 2.77 bits per heavy atom. The lowest BCUT2D eigenvalue weighted by Crippen LogP contribution is -2.37. The van der Waals surface area contributed by atoms with Crippen LogP contribution < -0.4 is 0 Å². The summed E-state index contributed by atoms with van der Waals surface area (Å²) in [4.78, 5) is 19.9. The molecule has 0 radical (unpaired) electrons. The number of rotatable bonds is 3. The van der Waals surface area contributed by atoms with Gasteiger partial charge in [-0.3, -0.25) is 4.79 Å². The lowest BCUT2D eigenvalue weighted by atomic mass is 10.0. The van der Waals surface area contributed by atoms with Crippen LogP contribution in [0.1, 0.15) is 28.8 Å². The van der Waals surface area contributed by atoms with Gasteiger partial charge in [-0.05, 0) is 37.5 Å².